The van der Waals surface area contributed by atoms with Crippen LogP contribution in [0.5, 0.6) is 0 Å². The number of amides is 1. The maximum Gasteiger partial charge on any atom is 0.226 e. The summed E-state index contributed by atoms with van der Waals surface area (Å²) >= 11 is 11.8. The summed E-state index contributed by atoms with van der Waals surface area (Å²) in [6.07, 6.45) is 0.188. The third kappa shape index (κ3) is 4.62. The van der Waals surface area contributed by atoms with E-state index in [0.29, 0.717) is 22.3 Å². The molecule has 0 heterocycles. The molecule has 2 rings (SSSR count). The lowest BCUT2D eigenvalue weighted by molar-refractivity contribution is -0.116. The van der Waals surface area contributed by atoms with Crippen LogP contribution in [0.25, 0.3) is 0 Å². The number of rotatable bonds is 5. The number of benzene rings is 2. The van der Waals surface area contributed by atoms with E-state index < -0.39 is 5.82 Å². The SMILES string of the molecule is O=C(CCNc1ccc(Cl)cc1Cl)Nc1ccccc1F. The lowest BCUT2D eigenvalue weighted by Crippen LogP contribution is -2.17. The third-order valence-corrected chi connectivity index (χ3v) is 3.29. The van der Waals surface area contributed by atoms with Crippen LogP contribution in [0.1, 0.15) is 6.42 Å². The molecule has 3 nitrogen and oxygen atoms in total. The molecule has 110 valence electrons. The highest BCUT2D eigenvalue weighted by molar-refractivity contribution is 6.36. The van der Waals surface area contributed by atoms with Crippen LogP contribution in [0, 0.1) is 5.82 Å². The number of nitrogens with one attached hydrogen (secondary N) is 2. The highest BCUT2D eigenvalue weighted by atomic mass is 35.5. The van der Waals surface area contributed by atoms with E-state index in [4.69, 9.17) is 23.2 Å². The number of anilines is 2. The van der Waals surface area contributed by atoms with Crippen molar-refractivity contribution in [3.8, 4) is 0 Å². The predicted octanol–water partition coefficient (Wildman–Crippen LogP) is 4.57. The number of hydrogen-bond donors (Lipinski definition) is 2. The summed E-state index contributed by atoms with van der Waals surface area (Å²) < 4.78 is 13.4. The Kier molecular flexibility index (Phi) is 5.42. The third-order valence-electron chi connectivity index (χ3n) is 2.75. The van der Waals surface area contributed by atoms with Gasteiger partial charge in [0.1, 0.15) is 5.82 Å². The fourth-order valence-electron chi connectivity index (χ4n) is 1.72. The van der Waals surface area contributed by atoms with Crippen molar-refractivity contribution in [1.82, 2.24) is 0 Å². The average molecular weight is 327 g/mol. The largest absolute Gasteiger partial charge is 0.383 e. The fourth-order valence-corrected chi connectivity index (χ4v) is 2.19. The fraction of sp³-hybridized carbons (Fsp3) is 0.133. The number of para-hydroxylation sites is 1. The molecule has 6 heteroatoms. The van der Waals surface area contributed by atoms with Crippen molar-refractivity contribution < 1.29 is 9.18 Å². The summed E-state index contributed by atoms with van der Waals surface area (Å²) in [7, 11) is 0. The van der Waals surface area contributed by atoms with E-state index >= 15 is 0 Å². The minimum atomic E-state index is -0.459. The molecule has 0 radical (unpaired) electrons. The molecule has 0 aromatic heterocycles. The van der Waals surface area contributed by atoms with Crippen LogP contribution in [0.2, 0.25) is 10.0 Å². The van der Waals surface area contributed by atoms with Crippen LogP contribution >= 0.6 is 23.2 Å². The number of hydrogen-bond acceptors (Lipinski definition) is 2. The number of halogens is 3. The number of carbonyl (C=O) groups is 1. The molecule has 2 aromatic rings. The van der Waals surface area contributed by atoms with E-state index in [1.54, 1.807) is 30.3 Å². The van der Waals surface area contributed by atoms with Gasteiger partial charge < -0.3 is 10.6 Å². The van der Waals surface area contributed by atoms with Crippen LogP contribution in [-0.2, 0) is 4.79 Å². The highest BCUT2D eigenvalue weighted by Crippen LogP contribution is 2.25. The molecular weight excluding hydrogens is 314 g/mol. The van der Waals surface area contributed by atoms with Crippen LogP contribution in [0.15, 0.2) is 42.5 Å². The number of carbonyl (C=O) groups excluding carboxylic acids is 1. The Morgan fingerprint density at radius 2 is 1.86 bits per heavy atom. The van der Waals surface area contributed by atoms with Crippen molar-refractivity contribution in [1.29, 1.82) is 0 Å². The summed E-state index contributed by atoms with van der Waals surface area (Å²) in [6.45, 7) is 0.377. The minimum absolute atomic E-state index is 0.173. The summed E-state index contributed by atoms with van der Waals surface area (Å²) in [6, 6.07) is 11.1. The molecule has 2 N–H and O–H groups in total. The van der Waals surface area contributed by atoms with E-state index in [-0.39, 0.29) is 18.0 Å². The van der Waals surface area contributed by atoms with E-state index in [2.05, 4.69) is 10.6 Å². The minimum Gasteiger partial charge on any atom is -0.383 e. The van der Waals surface area contributed by atoms with Gasteiger partial charge >= 0.3 is 0 Å². The van der Waals surface area contributed by atoms with Gasteiger partial charge in [-0.1, -0.05) is 35.3 Å². The van der Waals surface area contributed by atoms with Gasteiger partial charge in [-0.05, 0) is 30.3 Å². The van der Waals surface area contributed by atoms with Crippen LogP contribution < -0.4 is 10.6 Å². The van der Waals surface area contributed by atoms with Crippen LogP contribution in [0.3, 0.4) is 0 Å². The summed E-state index contributed by atoms with van der Waals surface area (Å²) in [5.41, 5.74) is 0.867. The second-order valence-corrected chi connectivity index (χ2v) is 5.17. The molecule has 21 heavy (non-hydrogen) atoms. The zero-order chi connectivity index (χ0) is 15.2. The van der Waals surface area contributed by atoms with Gasteiger partial charge in [-0.2, -0.15) is 0 Å². The molecule has 1 amide bonds. The van der Waals surface area contributed by atoms with Crippen molar-refractivity contribution in [3.05, 3.63) is 58.3 Å². The maximum absolute atomic E-state index is 13.4. The van der Waals surface area contributed by atoms with Gasteiger partial charge in [-0.25, -0.2) is 4.39 Å². The smallest absolute Gasteiger partial charge is 0.226 e. The standard InChI is InChI=1S/C15H13Cl2FN2O/c16-10-5-6-13(11(17)9-10)19-8-7-15(21)20-14-4-2-1-3-12(14)18/h1-6,9,19H,7-8H2,(H,20,21). The molecule has 0 spiro atoms. The quantitative estimate of drug-likeness (QED) is 0.844. The molecule has 0 saturated heterocycles. The van der Waals surface area contributed by atoms with Gasteiger partial charge in [-0.15, -0.1) is 0 Å². The van der Waals surface area contributed by atoms with Gasteiger partial charge in [-0.3, -0.25) is 4.79 Å². The maximum atomic E-state index is 13.4. The second kappa shape index (κ2) is 7.29. The lowest BCUT2D eigenvalue weighted by Gasteiger charge is -2.09. The Morgan fingerprint density at radius 3 is 2.57 bits per heavy atom. The molecule has 0 saturated carbocycles. The molecule has 0 aliphatic rings. The Bertz CT molecular complexity index is 649. The zero-order valence-electron chi connectivity index (χ0n) is 11.0. The zero-order valence-corrected chi connectivity index (χ0v) is 12.5. The first-order valence-corrected chi connectivity index (χ1v) is 7.05. The molecule has 0 fully saturated rings. The molecular formula is C15H13Cl2FN2O. The summed E-state index contributed by atoms with van der Waals surface area (Å²) in [5, 5.41) is 6.57. The van der Waals surface area contributed by atoms with E-state index in [0.717, 1.165) is 0 Å². The first-order valence-electron chi connectivity index (χ1n) is 6.29. The van der Waals surface area contributed by atoms with Crippen molar-refractivity contribution in [2.75, 3.05) is 17.2 Å². The van der Waals surface area contributed by atoms with Gasteiger partial charge in [0.2, 0.25) is 5.91 Å². The topological polar surface area (TPSA) is 41.1 Å². The van der Waals surface area contributed by atoms with E-state index in [1.165, 1.54) is 12.1 Å². The van der Waals surface area contributed by atoms with E-state index in [1.807, 2.05) is 0 Å². The lowest BCUT2D eigenvalue weighted by atomic mass is 10.3. The monoisotopic (exact) mass is 326 g/mol. The van der Waals surface area contributed by atoms with E-state index in [9.17, 15) is 9.18 Å². The summed E-state index contributed by atoms with van der Waals surface area (Å²) in [5.74, 6) is -0.739. The second-order valence-electron chi connectivity index (χ2n) is 4.33. The van der Waals surface area contributed by atoms with Crippen LogP contribution in [-0.4, -0.2) is 12.5 Å². The Balaban J connectivity index is 1.83. The Labute approximate surface area is 132 Å². The normalized spacial score (nSPS) is 10.2. The molecule has 2 aromatic carbocycles. The molecule has 0 unspecified atom stereocenters. The van der Waals surface area contributed by atoms with Gasteiger partial charge in [0, 0.05) is 18.0 Å². The Hall–Kier alpha value is -1.78. The van der Waals surface area contributed by atoms with Gasteiger partial charge in [0.05, 0.1) is 16.4 Å². The van der Waals surface area contributed by atoms with Gasteiger partial charge in [0.15, 0.2) is 0 Å². The highest BCUT2D eigenvalue weighted by Gasteiger charge is 2.06. The predicted molar refractivity (Wildman–Crippen MR) is 84.6 cm³/mol. The first kappa shape index (κ1) is 15.6. The molecule has 0 aliphatic heterocycles. The average Bonchev–Trinajstić information content (AvgIpc) is 2.44. The molecule has 0 atom stereocenters. The molecule has 0 bridgehead atoms. The van der Waals surface area contributed by atoms with Crippen molar-refractivity contribution in [3.63, 3.8) is 0 Å². The van der Waals surface area contributed by atoms with Crippen molar-refractivity contribution in [2.24, 2.45) is 0 Å². The van der Waals surface area contributed by atoms with Crippen LogP contribution in [0.4, 0.5) is 15.8 Å². The molecule has 0 aliphatic carbocycles. The van der Waals surface area contributed by atoms with Crippen molar-refractivity contribution >= 4 is 40.5 Å². The van der Waals surface area contributed by atoms with Gasteiger partial charge in [0.25, 0.3) is 0 Å². The Morgan fingerprint density at radius 1 is 1.10 bits per heavy atom. The van der Waals surface area contributed by atoms with Crippen molar-refractivity contribution in [2.45, 2.75) is 6.42 Å². The summed E-state index contributed by atoms with van der Waals surface area (Å²) in [4.78, 5) is 11.7. The first-order chi connectivity index (χ1) is 10.1.